The number of rotatable bonds is 5. The predicted octanol–water partition coefficient (Wildman–Crippen LogP) is 2.78. The Morgan fingerprint density at radius 2 is 2.13 bits per heavy atom. The molecule has 0 amide bonds. The third-order valence-corrected chi connectivity index (χ3v) is 2.90. The molecule has 1 aliphatic carbocycles. The standard InChI is InChI=1S/C12H18N2.ClH/c1-2-3-11-8-12(11)14-9-10-4-6-13-7-5-10;/h4-7,11-12,14H,2-3,8-9H2,1H3;1H. The van der Waals surface area contributed by atoms with Crippen LogP contribution in [0.25, 0.3) is 0 Å². The smallest absolute Gasteiger partial charge is 0.0271 e. The highest BCUT2D eigenvalue weighted by atomic mass is 35.5. The van der Waals surface area contributed by atoms with E-state index in [1.54, 1.807) is 0 Å². The van der Waals surface area contributed by atoms with Crippen LogP contribution in [-0.4, -0.2) is 11.0 Å². The third-order valence-electron chi connectivity index (χ3n) is 2.90. The second-order valence-electron chi connectivity index (χ2n) is 4.13. The van der Waals surface area contributed by atoms with Crippen LogP contribution in [0.3, 0.4) is 0 Å². The molecule has 0 radical (unpaired) electrons. The molecule has 2 rings (SSSR count). The van der Waals surface area contributed by atoms with Gasteiger partial charge in [0.25, 0.3) is 0 Å². The summed E-state index contributed by atoms with van der Waals surface area (Å²) in [5.74, 6) is 0.946. The fourth-order valence-corrected chi connectivity index (χ4v) is 1.94. The Morgan fingerprint density at radius 3 is 2.80 bits per heavy atom. The lowest BCUT2D eigenvalue weighted by Gasteiger charge is -2.03. The van der Waals surface area contributed by atoms with Crippen LogP contribution in [0, 0.1) is 5.92 Å². The number of nitrogens with zero attached hydrogens (tertiary/aromatic N) is 1. The van der Waals surface area contributed by atoms with Crippen molar-refractivity contribution in [1.29, 1.82) is 0 Å². The van der Waals surface area contributed by atoms with E-state index in [0.717, 1.165) is 18.5 Å². The molecule has 15 heavy (non-hydrogen) atoms. The van der Waals surface area contributed by atoms with Gasteiger partial charge in [0.1, 0.15) is 0 Å². The van der Waals surface area contributed by atoms with Gasteiger partial charge in [-0.25, -0.2) is 0 Å². The van der Waals surface area contributed by atoms with Gasteiger partial charge in [-0.05, 0) is 36.5 Å². The number of hydrogen-bond donors (Lipinski definition) is 1. The molecule has 0 saturated heterocycles. The summed E-state index contributed by atoms with van der Waals surface area (Å²) in [6.07, 6.45) is 7.78. The highest BCUT2D eigenvalue weighted by Crippen LogP contribution is 2.34. The van der Waals surface area contributed by atoms with Gasteiger partial charge in [-0.3, -0.25) is 4.98 Å². The van der Waals surface area contributed by atoms with E-state index in [2.05, 4.69) is 29.4 Å². The zero-order chi connectivity index (χ0) is 9.80. The van der Waals surface area contributed by atoms with Crippen LogP contribution in [0.15, 0.2) is 24.5 Å². The van der Waals surface area contributed by atoms with E-state index in [9.17, 15) is 0 Å². The highest BCUT2D eigenvalue weighted by molar-refractivity contribution is 5.85. The normalized spacial score (nSPS) is 23.3. The lowest BCUT2D eigenvalue weighted by atomic mass is 10.2. The lowest BCUT2D eigenvalue weighted by molar-refractivity contribution is 0.599. The Balaban J connectivity index is 0.00000112. The molecular formula is C12H19ClN2. The van der Waals surface area contributed by atoms with Gasteiger partial charge >= 0.3 is 0 Å². The van der Waals surface area contributed by atoms with Crippen molar-refractivity contribution < 1.29 is 0 Å². The van der Waals surface area contributed by atoms with E-state index in [4.69, 9.17) is 0 Å². The summed E-state index contributed by atoms with van der Waals surface area (Å²) in [6, 6.07) is 4.93. The predicted molar refractivity (Wildman–Crippen MR) is 65.1 cm³/mol. The van der Waals surface area contributed by atoms with Gasteiger partial charge in [0, 0.05) is 25.0 Å². The first-order valence-electron chi connectivity index (χ1n) is 5.52. The average molecular weight is 227 g/mol. The van der Waals surface area contributed by atoms with Crippen LogP contribution in [0.2, 0.25) is 0 Å². The summed E-state index contributed by atoms with van der Waals surface area (Å²) < 4.78 is 0. The van der Waals surface area contributed by atoms with Crippen LogP contribution in [0.4, 0.5) is 0 Å². The van der Waals surface area contributed by atoms with Crippen LogP contribution >= 0.6 is 12.4 Å². The molecule has 1 N–H and O–H groups in total. The molecule has 1 aromatic rings. The Hall–Kier alpha value is -0.600. The Bertz CT molecular complexity index is 276. The fourth-order valence-electron chi connectivity index (χ4n) is 1.94. The molecule has 1 saturated carbocycles. The van der Waals surface area contributed by atoms with Gasteiger partial charge in [0.2, 0.25) is 0 Å². The monoisotopic (exact) mass is 226 g/mol. The largest absolute Gasteiger partial charge is 0.310 e. The van der Waals surface area contributed by atoms with Gasteiger partial charge in [0.15, 0.2) is 0 Å². The van der Waals surface area contributed by atoms with E-state index in [0.29, 0.717) is 0 Å². The van der Waals surface area contributed by atoms with E-state index < -0.39 is 0 Å². The van der Waals surface area contributed by atoms with Gasteiger partial charge in [-0.15, -0.1) is 12.4 Å². The zero-order valence-corrected chi connectivity index (χ0v) is 9.96. The van der Waals surface area contributed by atoms with Crippen molar-refractivity contribution in [2.45, 2.75) is 38.8 Å². The molecule has 1 fully saturated rings. The van der Waals surface area contributed by atoms with Gasteiger partial charge in [-0.1, -0.05) is 13.3 Å². The molecule has 0 bridgehead atoms. The molecule has 1 aromatic heterocycles. The van der Waals surface area contributed by atoms with Crippen molar-refractivity contribution in [3.63, 3.8) is 0 Å². The van der Waals surface area contributed by atoms with Gasteiger partial charge in [-0.2, -0.15) is 0 Å². The molecule has 2 nitrogen and oxygen atoms in total. The Morgan fingerprint density at radius 1 is 1.40 bits per heavy atom. The first-order valence-corrected chi connectivity index (χ1v) is 5.52. The molecular weight excluding hydrogens is 208 g/mol. The van der Waals surface area contributed by atoms with Crippen molar-refractivity contribution >= 4 is 12.4 Å². The lowest BCUT2D eigenvalue weighted by Crippen LogP contribution is -2.17. The van der Waals surface area contributed by atoms with Crippen molar-refractivity contribution in [1.82, 2.24) is 10.3 Å². The molecule has 2 unspecified atom stereocenters. The summed E-state index contributed by atoms with van der Waals surface area (Å²) in [5.41, 5.74) is 1.34. The fraction of sp³-hybridized carbons (Fsp3) is 0.583. The molecule has 0 spiro atoms. The van der Waals surface area contributed by atoms with Crippen LogP contribution in [0.5, 0.6) is 0 Å². The summed E-state index contributed by atoms with van der Waals surface area (Å²) in [6.45, 7) is 3.26. The minimum absolute atomic E-state index is 0. The first kappa shape index (κ1) is 12.5. The van der Waals surface area contributed by atoms with Crippen molar-refractivity contribution in [2.75, 3.05) is 0 Å². The maximum atomic E-state index is 4.00. The quantitative estimate of drug-likeness (QED) is 0.835. The highest BCUT2D eigenvalue weighted by Gasteiger charge is 2.34. The summed E-state index contributed by atoms with van der Waals surface area (Å²) in [4.78, 5) is 4.00. The molecule has 84 valence electrons. The topological polar surface area (TPSA) is 24.9 Å². The van der Waals surface area contributed by atoms with Crippen LogP contribution in [0.1, 0.15) is 31.7 Å². The summed E-state index contributed by atoms with van der Waals surface area (Å²) >= 11 is 0. The van der Waals surface area contributed by atoms with E-state index in [1.807, 2.05) is 12.4 Å². The molecule has 3 heteroatoms. The van der Waals surface area contributed by atoms with Gasteiger partial charge < -0.3 is 5.32 Å². The van der Waals surface area contributed by atoms with Crippen LogP contribution in [-0.2, 0) is 6.54 Å². The average Bonchev–Trinajstić information content (AvgIpc) is 2.96. The molecule has 2 atom stereocenters. The maximum absolute atomic E-state index is 4.00. The molecule has 1 heterocycles. The van der Waals surface area contributed by atoms with Crippen molar-refractivity contribution in [3.05, 3.63) is 30.1 Å². The van der Waals surface area contributed by atoms with Gasteiger partial charge in [0.05, 0.1) is 0 Å². The zero-order valence-electron chi connectivity index (χ0n) is 9.15. The molecule has 0 aromatic carbocycles. The Labute approximate surface area is 97.9 Å². The first-order chi connectivity index (χ1) is 6.90. The Kier molecular flexibility index (Phi) is 5.06. The van der Waals surface area contributed by atoms with E-state index in [-0.39, 0.29) is 12.4 Å². The minimum atomic E-state index is 0. The second-order valence-corrected chi connectivity index (χ2v) is 4.13. The van der Waals surface area contributed by atoms with E-state index >= 15 is 0 Å². The number of hydrogen-bond acceptors (Lipinski definition) is 2. The number of nitrogens with one attached hydrogen (secondary N) is 1. The summed E-state index contributed by atoms with van der Waals surface area (Å²) in [5, 5.41) is 3.58. The number of halogens is 1. The maximum Gasteiger partial charge on any atom is 0.0271 e. The molecule has 0 aliphatic heterocycles. The SMILES string of the molecule is CCCC1CC1NCc1ccncc1.Cl. The molecule has 1 aliphatic rings. The van der Waals surface area contributed by atoms with Crippen molar-refractivity contribution in [2.24, 2.45) is 5.92 Å². The van der Waals surface area contributed by atoms with E-state index in [1.165, 1.54) is 24.8 Å². The number of pyridine rings is 1. The number of aromatic nitrogens is 1. The summed E-state index contributed by atoms with van der Waals surface area (Å²) in [7, 11) is 0. The third kappa shape index (κ3) is 3.80. The van der Waals surface area contributed by atoms with Crippen LogP contribution < -0.4 is 5.32 Å². The van der Waals surface area contributed by atoms with Crippen molar-refractivity contribution in [3.8, 4) is 0 Å². The second kappa shape index (κ2) is 6.09. The minimum Gasteiger partial charge on any atom is -0.310 e.